The number of pyridine rings is 1. The zero-order chi connectivity index (χ0) is 17.6. The predicted octanol–water partition coefficient (Wildman–Crippen LogP) is 3.14. The summed E-state index contributed by atoms with van der Waals surface area (Å²) in [6, 6.07) is 13.8. The molecule has 0 aliphatic carbocycles. The van der Waals surface area contributed by atoms with Gasteiger partial charge in [0.05, 0.1) is 7.11 Å². The molecule has 1 saturated heterocycles. The second kappa shape index (κ2) is 8.32. The highest BCUT2D eigenvalue weighted by atomic mass is 35.5. The van der Waals surface area contributed by atoms with Crippen LogP contribution in [0.3, 0.4) is 0 Å². The number of nitrogens with zero attached hydrogens (tertiary/aromatic N) is 2. The van der Waals surface area contributed by atoms with E-state index in [0.717, 1.165) is 32.5 Å². The van der Waals surface area contributed by atoms with Gasteiger partial charge in [-0.15, -0.1) is 0 Å². The molecule has 1 fully saturated rings. The Morgan fingerprint density at radius 1 is 1.28 bits per heavy atom. The van der Waals surface area contributed by atoms with Gasteiger partial charge < -0.3 is 10.1 Å². The minimum Gasteiger partial charge on any atom is -0.481 e. The number of nitrogens with one attached hydrogen (secondary N) is 1. The maximum absolute atomic E-state index is 12.4. The Balaban J connectivity index is 1.52. The average molecular weight is 360 g/mol. The number of rotatable bonds is 5. The number of aromatic nitrogens is 1. The molecule has 0 radical (unpaired) electrons. The Labute approximate surface area is 153 Å². The number of amides is 1. The van der Waals surface area contributed by atoms with E-state index in [-0.39, 0.29) is 17.1 Å². The Morgan fingerprint density at radius 2 is 2.00 bits per heavy atom. The van der Waals surface area contributed by atoms with Gasteiger partial charge in [-0.2, -0.15) is 0 Å². The molecular formula is C19H22ClN3O2. The van der Waals surface area contributed by atoms with E-state index in [1.54, 1.807) is 12.1 Å². The van der Waals surface area contributed by atoms with Crippen LogP contribution in [0.25, 0.3) is 0 Å². The van der Waals surface area contributed by atoms with Crippen LogP contribution in [-0.4, -0.2) is 42.0 Å². The fourth-order valence-corrected chi connectivity index (χ4v) is 3.26. The van der Waals surface area contributed by atoms with E-state index in [1.165, 1.54) is 12.7 Å². The number of carbonyl (C=O) groups excluding carboxylic acids is 1. The zero-order valence-corrected chi connectivity index (χ0v) is 15.0. The number of hydrogen-bond acceptors (Lipinski definition) is 4. The SMILES string of the molecule is COc1cc(C(=O)NC2CCN(Cc3ccccc3)CC2)cc(Cl)n1. The first kappa shape index (κ1) is 17.7. The predicted molar refractivity (Wildman–Crippen MR) is 98.0 cm³/mol. The van der Waals surface area contributed by atoms with Gasteiger partial charge in [-0.25, -0.2) is 4.98 Å². The maximum Gasteiger partial charge on any atom is 0.251 e. The molecule has 6 heteroatoms. The van der Waals surface area contributed by atoms with Crippen molar-refractivity contribution in [1.82, 2.24) is 15.2 Å². The number of methoxy groups -OCH3 is 1. The second-order valence-corrected chi connectivity index (χ2v) is 6.62. The molecule has 0 unspecified atom stereocenters. The van der Waals surface area contributed by atoms with E-state index in [1.807, 2.05) is 6.07 Å². The first-order chi connectivity index (χ1) is 12.1. The van der Waals surface area contributed by atoms with Gasteiger partial charge in [0.1, 0.15) is 5.15 Å². The third kappa shape index (κ3) is 4.94. The standard InChI is InChI=1S/C19H22ClN3O2/c1-25-18-12-15(11-17(20)22-18)19(24)21-16-7-9-23(10-8-16)13-14-5-3-2-4-6-14/h2-6,11-12,16H,7-10,13H2,1H3,(H,21,24). The summed E-state index contributed by atoms with van der Waals surface area (Å²) in [5.74, 6) is 0.208. The molecule has 0 bridgehead atoms. The largest absolute Gasteiger partial charge is 0.481 e. The normalized spacial score (nSPS) is 15.8. The van der Waals surface area contributed by atoms with Crippen LogP contribution < -0.4 is 10.1 Å². The summed E-state index contributed by atoms with van der Waals surface area (Å²) in [4.78, 5) is 18.8. The number of likely N-dealkylation sites (tertiary alicyclic amines) is 1. The van der Waals surface area contributed by atoms with Crippen molar-refractivity contribution < 1.29 is 9.53 Å². The van der Waals surface area contributed by atoms with Crippen LogP contribution in [-0.2, 0) is 6.54 Å². The van der Waals surface area contributed by atoms with Gasteiger partial charge in [0.2, 0.25) is 5.88 Å². The van der Waals surface area contributed by atoms with Crippen LogP contribution in [0.5, 0.6) is 5.88 Å². The Hall–Kier alpha value is -2.11. The van der Waals surface area contributed by atoms with E-state index >= 15 is 0 Å². The summed E-state index contributed by atoms with van der Waals surface area (Å²) in [6.07, 6.45) is 1.88. The lowest BCUT2D eigenvalue weighted by atomic mass is 10.0. The molecule has 1 amide bonds. The molecule has 2 aromatic rings. The molecule has 2 heterocycles. The van der Waals surface area contributed by atoms with Gasteiger partial charge in [-0.1, -0.05) is 41.9 Å². The van der Waals surface area contributed by atoms with Crippen molar-refractivity contribution in [3.8, 4) is 5.88 Å². The van der Waals surface area contributed by atoms with Gasteiger partial charge in [-0.05, 0) is 24.5 Å². The maximum atomic E-state index is 12.4. The Kier molecular flexibility index (Phi) is 5.89. The van der Waals surface area contributed by atoms with Gasteiger partial charge in [0.25, 0.3) is 5.91 Å². The Morgan fingerprint density at radius 3 is 2.68 bits per heavy atom. The number of halogens is 1. The van der Waals surface area contributed by atoms with E-state index in [4.69, 9.17) is 16.3 Å². The molecule has 1 aromatic carbocycles. The van der Waals surface area contributed by atoms with E-state index in [2.05, 4.69) is 39.5 Å². The van der Waals surface area contributed by atoms with Crippen LogP contribution in [0.4, 0.5) is 0 Å². The van der Waals surface area contributed by atoms with Gasteiger partial charge >= 0.3 is 0 Å². The van der Waals surface area contributed by atoms with E-state index in [9.17, 15) is 4.79 Å². The monoisotopic (exact) mass is 359 g/mol. The summed E-state index contributed by atoms with van der Waals surface area (Å²) in [6.45, 7) is 2.90. The van der Waals surface area contributed by atoms with Crippen molar-refractivity contribution in [3.05, 3.63) is 58.7 Å². The minimum atomic E-state index is -0.135. The third-order valence-electron chi connectivity index (χ3n) is 4.41. The van der Waals surface area contributed by atoms with Gasteiger partial charge in [0.15, 0.2) is 0 Å². The number of piperidine rings is 1. The molecule has 1 aliphatic rings. The second-order valence-electron chi connectivity index (χ2n) is 6.23. The quantitative estimate of drug-likeness (QED) is 0.833. The summed E-state index contributed by atoms with van der Waals surface area (Å²) in [5, 5.41) is 3.34. The molecule has 1 aromatic heterocycles. The average Bonchev–Trinajstić information content (AvgIpc) is 2.63. The molecule has 5 nitrogen and oxygen atoms in total. The zero-order valence-electron chi connectivity index (χ0n) is 14.2. The lowest BCUT2D eigenvalue weighted by Crippen LogP contribution is -2.44. The number of carbonyl (C=O) groups is 1. The lowest BCUT2D eigenvalue weighted by Gasteiger charge is -2.32. The van der Waals surface area contributed by atoms with Crippen LogP contribution >= 0.6 is 11.6 Å². The fraction of sp³-hybridized carbons (Fsp3) is 0.368. The molecule has 0 saturated carbocycles. The molecule has 1 aliphatic heterocycles. The molecule has 0 spiro atoms. The van der Waals surface area contributed by atoms with Gasteiger partial charge in [-0.3, -0.25) is 9.69 Å². The van der Waals surface area contributed by atoms with Crippen molar-refractivity contribution in [2.45, 2.75) is 25.4 Å². The summed E-state index contributed by atoms with van der Waals surface area (Å²) in [7, 11) is 1.50. The number of benzene rings is 1. The highest BCUT2D eigenvalue weighted by Gasteiger charge is 2.21. The highest BCUT2D eigenvalue weighted by molar-refractivity contribution is 6.29. The summed E-state index contributed by atoms with van der Waals surface area (Å²) < 4.78 is 5.06. The van der Waals surface area contributed by atoms with Gasteiger partial charge in [0, 0.05) is 37.3 Å². The van der Waals surface area contributed by atoms with Crippen molar-refractivity contribution in [2.75, 3.05) is 20.2 Å². The number of ether oxygens (including phenoxy) is 1. The van der Waals surface area contributed by atoms with E-state index in [0.29, 0.717) is 11.4 Å². The molecule has 132 valence electrons. The lowest BCUT2D eigenvalue weighted by molar-refractivity contribution is 0.0908. The first-order valence-electron chi connectivity index (χ1n) is 8.43. The number of hydrogen-bond donors (Lipinski definition) is 1. The molecule has 3 rings (SSSR count). The minimum absolute atomic E-state index is 0.135. The van der Waals surface area contributed by atoms with Crippen LogP contribution in [0.1, 0.15) is 28.8 Å². The summed E-state index contributed by atoms with van der Waals surface area (Å²) >= 11 is 5.93. The highest BCUT2D eigenvalue weighted by Crippen LogP contribution is 2.18. The van der Waals surface area contributed by atoms with Crippen molar-refractivity contribution in [3.63, 3.8) is 0 Å². The van der Waals surface area contributed by atoms with Crippen LogP contribution in [0.15, 0.2) is 42.5 Å². The summed E-state index contributed by atoms with van der Waals surface area (Å²) in [5.41, 5.74) is 1.80. The molecular weight excluding hydrogens is 338 g/mol. The van der Waals surface area contributed by atoms with Crippen molar-refractivity contribution >= 4 is 17.5 Å². The smallest absolute Gasteiger partial charge is 0.251 e. The molecule has 0 atom stereocenters. The Bertz CT molecular complexity index is 716. The topological polar surface area (TPSA) is 54.5 Å². The molecule has 1 N–H and O–H groups in total. The molecule has 25 heavy (non-hydrogen) atoms. The van der Waals surface area contributed by atoms with Crippen molar-refractivity contribution in [2.24, 2.45) is 0 Å². The third-order valence-corrected chi connectivity index (χ3v) is 4.61. The first-order valence-corrected chi connectivity index (χ1v) is 8.80. The van der Waals surface area contributed by atoms with Crippen LogP contribution in [0, 0.1) is 0 Å². The van der Waals surface area contributed by atoms with Crippen LogP contribution in [0.2, 0.25) is 5.15 Å². The van der Waals surface area contributed by atoms with Crippen molar-refractivity contribution in [1.29, 1.82) is 0 Å². The fourth-order valence-electron chi connectivity index (χ4n) is 3.05. The van der Waals surface area contributed by atoms with E-state index < -0.39 is 0 Å².